The van der Waals surface area contributed by atoms with Crippen molar-refractivity contribution in [1.82, 2.24) is 0 Å². The number of halogens is 1. The third kappa shape index (κ3) is 2.60. The predicted octanol–water partition coefficient (Wildman–Crippen LogP) is 3.26. The second kappa shape index (κ2) is 5.05. The summed E-state index contributed by atoms with van der Waals surface area (Å²) < 4.78 is 14.0. The number of anilines is 1. The summed E-state index contributed by atoms with van der Waals surface area (Å²) >= 11 is 0. The lowest BCUT2D eigenvalue weighted by atomic mass is 10.1. The van der Waals surface area contributed by atoms with Gasteiger partial charge >= 0.3 is 0 Å². The molecule has 3 heteroatoms. The van der Waals surface area contributed by atoms with Crippen LogP contribution in [-0.4, -0.2) is 18.2 Å². The van der Waals surface area contributed by atoms with Crippen LogP contribution in [0, 0.1) is 5.82 Å². The fraction of sp³-hybridized carbons (Fsp3) is 0.571. The van der Waals surface area contributed by atoms with Crippen molar-refractivity contribution in [2.45, 2.75) is 44.8 Å². The predicted molar refractivity (Wildman–Crippen MR) is 67.7 cm³/mol. The first kappa shape index (κ1) is 12.4. The smallest absolute Gasteiger partial charge is 0.146 e. The average molecular weight is 237 g/mol. The molecule has 0 bridgehead atoms. The van der Waals surface area contributed by atoms with Gasteiger partial charge in [0.05, 0.1) is 11.8 Å². The Bertz CT molecular complexity index is 386. The third-order valence-electron chi connectivity index (χ3n) is 3.71. The Morgan fingerprint density at radius 1 is 1.35 bits per heavy atom. The van der Waals surface area contributed by atoms with E-state index in [1.807, 2.05) is 11.9 Å². The van der Waals surface area contributed by atoms with Crippen molar-refractivity contribution in [3.63, 3.8) is 0 Å². The van der Waals surface area contributed by atoms with E-state index in [4.69, 9.17) is 0 Å². The first-order valence-electron chi connectivity index (χ1n) is 6.30. The van der Waals surface area contributed by atoms with Gasteiger partial charge in [-0.2, -0.15) is 0 Å². The van der Waals surface area contributed by atoms with Crippen LogP contribution in [0.15, 0.2) is 18.2 Å². The number of hydrogen-bond acceptors (Lipinski definition) is 2. The molecule has 0 saturated heterocycles. The standard InChI is InChI=1S/C14H20FNO/c1-10(17)11-7-8-14(13(15)9-11)16(2)12-5-3-4-6-12/h7-10,12,17H,3-6H2,1-2H3/t10-/m1/s1. The van der Waals surface area contributed by atoms with Crippen LogP contribution in [0.2, 0.25) is 0 Å². The molecule has 0 unspecified atom stereocenters. The normalized spacial score (nSPS) is 18.4. The van der Waals surface area contributed by atoms with Crippen LogP contribution in [0.3, 0.4) is 0 Å². The summed E-state index contributed by atoms with van der Waals surface area (Å²) in [6, 6.07) is 5.47. The molecule has 0 spiro atoms. The molecule has 1 fully saturated rings. The molecule has 1 aromatic rings. The fourth-order valence-electron chi connectivity index (χ4n) is 2.56. The third-order valence-corrected chi connectivity index (χ3v) is 3.71. The van der Waals surface area contributed by atoms with Crippen molar-refractivity contribution in [3.8, 4) is 0 Å². The van der Waals surface area contributed by atoms with E-state index in [0.29, 0.717) is 17.3 Å². The first-order chi connectivity index (χ1) is 8.09. The zero-order chi connectivity index (χ0) is 12.4. The summed E-state index contributed by atoms with van der Waals surface area (Å²) in [6.45, 7) is 1.65. The number of benzene rings is 1. The Hall–Kier alpha value is -1.09. The summed E-state index contributed by atoms with van der Waals surface area (Å²) in [6.07, 6.45) is 4.16. The molecular weight excluding hydrogens is 217 g/mol. The Kier molecular flexibility index (Phi) is 3.67. The molecule has 1 aliphatic rings. The van der Waals surface area contributed by atoms with Gasteiger partial charge in [0.2, 0.25) is 0 Å². The molecule has 0 heterocycles. The van der Waals surface area contributed by atoms with Gasteiger partial charge in [0, 0.05) is 13.1 Å². The highest BCUT2D eigenvalue weighted by atomic mass is 19.1. The molecule has 2 rings (SSSR count). The second-order valence-electron chi connectivity index (χ2n) is 4.94. The Morgan fingerprint density at radius 2 is 2.00 bits per heavy atom. The molecular formula is C14H20FNO. The minimum absolute atomic E-state index is 0.238. The van der Waals surface area contributed by atoms with E-state index in [0.717, 1.165) is 12.8 Å². The molecule has 0 aliphatic heterocycles. The van der Waals surface area contributed by atoms with Gasteiger partial charge in [-0.1, -0.05) is 18.9 Å². The fourth-order valence-corrected chi connectivity index (χ4v) is 2.56. The van der Waals surface area contributed by atoms with Crippen LogP contribution >= 0.6 is 0 Å². The molecule has 1 aliphatic carbocycles. The largest absolute Gasteiger partial charge is 0.389 e. The van der Waals surface area contributed by atoms with Crippen LogP contribution in [0.4, 0.5) is 10.1 Å². The highest BCUT2D eigenvalue weighted by Gasteiger charge is 2.22. The molecule has 1 N–H and O–H groups in total. The van der Waals surface area contributed by atoms with Crippen LogP contribution in [0.5, 0.6) is 0 Å². The maximum atomic E-state index is 14.0. The van der Waals surface area contributed by atoms with Crippen molar-refractivity contribution >= 4 is 5.69 Å². The van der Waals surface area contributed by atoms with Crippen molar-refractivity contribution in [3.05, 3.63) is 29.6 Å². The highest BCUT2D eigenvalue weighted by molar-refractivity contribution is 5.49. The maximum Gasteiger partial charge on any atom is 0.146 e. The molecule has 0 aromatic heterocycles. The van der Waals surface area contributed by atoms with Crippen molar-refractivity contribution < 1.29 is 9.50 Å². The van der Waals surface area contributed by atoms with Crippen molar-refractivity contribution in [2.75, 3.05) is 11.9 Å². The summed E-state index contributed by atoms with van der Waals surface area (Å²) in [5, 5.41) is 9.41. The molecule has 94 valence electrons. The van der Waals surface area contributed by atoms with Gasteiger partial charge in [-0.25, -0.2) is 4.39 Å². The van der Waals surface area contributed by atoms with Crippen LogP contribution in [0.1, 0.15) is 44.3 Å². The molecule has 17 heavy (non-hydrogen) atoms. The second-order valence-corrected chi connectivity index (χ2v) is 4.94. The van der Waals surface area contributed by atoms with E-state index in [1.165, 1.54) is 18.9 Å². The van der Waals surface area contributed by atoms with Crippen LogP contribution in [0.25, 0.3) is 0 Å². The Balaban J connectivity index is 2.20. The molecule has 1 saturated carbocycles. The maximum absolute atomic E-state index is 14.0. The van der Waals surface area contributed by atoms with Crippen LogP contribution < -0.4 is 4.90 Å². The summed E-state index contributed by atoms with van der Waals surface area (Å²) in [7, 11) is 1.95. The SMILES string of the molecule is C[C@@H](O)c1ccc(N(C)C2CCCC2)c(F)c1. The van der Waals surface area contributed by atoms with Crippen LogP contribution in [-0.2, 0) is 0 Å². The molecule has 2 nitrogen and oxygen atoms in total. The zero-order valence-electron chi connectivity index (χ0n) is 10.5. The van der Waals surface area contributed by atoms with Gasteiger partial charge in [-0.3, -0.25) is 0 Å². The monoisotopic (exact) mass is 237 g/mol. The minimum atomic E-state index is -0.615. The zero-order valence-corrected chi connectivity index (χ0v) is 10.5. The van der Waals surface area contributed by atoms with E-state index >= 15 is 0 Å². The summed E-state index contributed by atoms with van der Waals surface area (Å²) in [5.41, 5.74) is 1.27. The van der Waals surface area contributed by atoms with E-state index < -0.39 is 6.10 Å². The number of rotatable bonds is 3. The quantitative estimate of drug-likeness (QED) is 0.872. The lowest BCUT2D eigenvalue weighted by molar-refractivity contribution is 0.199. The van der Waals surface area contributed by atoms with E-state index in [9.17, 15) is 9.50 Å². The summed E-state index contributed by atoms with van der Waals surface area (Å²) in [4.78, 5) is 2.04. The van der Waals surface area contributed by atoms with Gasteiger partial charge in [0.1, 0.15) is 5.82 Å². The number of aliphatic hydroxyl groups is 1. The number of aliphatic hydroxyl groups excluding tert-OH is 1. The van der Waals surface area contributed by atoms with Crippen molar-refractivity contribution in [2.24, 2.45) is 0 Å². The van der Waals surface area contributed by atoms with E-state index in [2.05, 4.69) is 0 Å². The van der Waals surface area contributed by atoms with Gasteiger partial charge in [-0.15, -0.1) is 0 Å². The lowest BCUT2D eigenvalue weighted by Gasteiger charge is -2.27. The Labute approximate surface area is 102 Å². The summed E-state index contributed by atoms with van der Waals surface area (Å²) in [5.74, 6) is -0.238. The minimum Gasteiger partial charge on any atom is -0.389 e. The lowest BCUT2D eigenvalue weighted by Crippen LogP contribution is -2.29. The molecule has 1 aromatic carbocycles. The van der Waals surface area contributed by atoms with Gasteiger partial charge < -0.3 is 10.0 Å². The van der Waals surface area contributed by atoms with Gasteiger partial charge in [0.25, 0.3) is 0 Å². The average Bonchev–Trinajstić information content (AvgIpc) is 2.81. The molecule has 0 radical (unpaired) electrons. The Morgan fingerprint density at radius 3 is 2.53 bits per heavy atom. The highest BCUT2D eigenvalue weighted by Crippen LogP contribution is 2.29. The van der Waals surface area contributed by atoms with E-state index in [1.54, 1.807) is 19.1 Å². The van der Waals surface area contributed by atoms with E-state index in [-0.39, 0.29) is 5.82 Å². The molecule has 0 amide bonds. The first-order valence-corrected chi connectivity index (χ1v) is 6.30. The topological polar surface area (TPSA) is 23.5 Å². The molecule has 1 atom stereocenters. The number of nitrogens with zero attached hydrogens (tertiary/aromatic N) is 1. The number of hydrogen-bond donors (Lipinski definition) is 1. The van der Waals surface area contributed by atoms with Gasteiger partial charge in [0.15, 0.2) is 0 Å². The van der Waals surface area contributed by atoms with Crippen molar-refractivity contribution in [1.29, 1.82) is 0 Å². The van der Waals surface area contributed by atoms with Gasteiger partial charge in [-0.05, 0) is 37.5 Å².